The number of aliphatic carboxylic acids is 2. The number of urea groups is 1. The van der Waals surface area contributed by atoms with Crippen LogP contribution in [-0.4, -0.2) is 52.1 Å². The van der Waals surface area contributed by atoms with Crippen molar-refractivity contribution in [3.8, 4) is 0 Å². The van der Waals surface area contributed by atoms with Crippen LogP contribution in [0.5, 0.6) is 0 Å². The summed E-state index contributed by atoms with van der Waals surface area (Å²) in [5.41, 5.74) is 3.65. The number of carboxylic acids is 2. The molecule has 3 aromatic carbocycles. The summed E-state index contributed by atoms with van der Waals surface area (Å²) in [5.74, 6) is -3.89. The van der Waals surface area contributed by atoms with E-state index in [1.807, 2.05) is 39.0 Å². The molecule has 0 radical (unpaired) electrons. The first-order valence-corrected chi connectivity index (χ1v) is 15.4. The topological polar surface area (TPSA) is 174 Å². The molecule has 3 aromatic rings. The second kappa shape index (κ2) is 17.9. The Bertz CT molecular complexity index is 1540. The number of carboxylic acid groups (broad SMARTS) is 2. The van der Waals surface area contributed by atoms with Gasteiger partial charge in [-0.05, 0) is 67.5 Å². The second-order valence-corrected chi connectivity index (χ2v) is 11.7. The zero-order valence-electron chi connectivity index (χ0n) is 26.7. The van der Waals surface area contributed by atoms with Gasteiger partial charge in [-0.25, -0.2) is 14.4 Å². The zero-order valence-corrected chi connectivity index (χ0v) is 26.7. The average molecular weight is 643 g/mol. The first kappa shape index (κ1) is 36.0. The van der Waals surface area contributed by atoms with Gasteiger partial charge < -0.3 is 31.5 Å². The maximum atomic E-state index is 13.4. The lowest BCUT2D eigenvalue weighted by Gasteiger charge is -2.22. The van der Waals surface area contributed by atoms with Crippen molar-refractivity contribution in [2.24, 2.45) is 5.92 Å². The molecule has 0 aliphatic rings. The standard InChI is InChI=1S/C36H42N4O7/c1-23(2)21-29(26-15-19-28(20-16-26)38-36(47)37-27-17-13-24(3)14-18-27)33(42)40-31(35(45)46)12-8-7-11-30(34(43)44)39-32(41)22-25-9-5-4-6-10-25/h4-10,13-20,23,29-31H,11-12,21-22H2,1-3H3,(H,39,41)(H,40,42)(H,43,44)(H,45,46)(H2,37,38,47)/b8-7+. The number of carbonyl (C=O) groups is 5. The molecule has 11 heteroatoms. The largest absolute Gasteiger partial charge is 0.480 e. The Morgan fingerprint density at radius 3 is 1.72 bits per heavy atom. The Morgan fingerprint density at radius 2 is 1.21 bits per heavy atom. The number of nitrogens with one attached hydrogen (secondary N) is 4. The minimum absolute atomic E-state index is 0.0294. The highest BCUT2D eigenvalue weighted by Crippen LogP contribution is 2.26. The van der Waals surface area contributed by atoms with Gasteiger partial charge in [0.25, 0.3) is 0 Å². The first-order chi connectivity index (χ1) is 22.4. The molecule has 3 unspecified atom stereocenters. The number of carbonyl (C=O) groups excluding carboxylic acids is 3. The van der Waals surface area contributed by atoms with Gasteiger partial charge in [-0.15, -0.1) is 0 Å². The Morgan fingerprint density at radius 1 is 0.702 bits per heavy atom. The Balaban J connectivity index is 1.58. The highest BCUT2D eigenvalue weighted by atomic mass is 16.4. The van der Waals surface area contributed by atoms with E-state index in [-0.39, 0.29) is 25.2 Å². The van der Waals surface area contributed by atoms with Crippen molar-refractivity contribution in [3.63, 3.8) is 0 Å². The molecule has 0 spiro atoms. The summed E-state index contributed by atoms with van der Waals surface area (Å²) in [5, 5.41) is 30.0. The number of aryl methyl sites for hydroxylation is 1. The summed E-state index contributed by atoms with van der Waals surface area (Å²) in [6.45, 7) is 5.87. The minimum atomic E-state index is -1.25. The van der Waals surface area contributed by atoms with Gasteiger partial charge in [-0.1, -0.05) is 86.2 Å². The lowest BCUT2D eigenvalue weighted by atomic mass is 9.89. The number of rotatable bonds is 16. The van der Waals surface area contributed by atoms with E-state index in [1.54, 1.807) is 60.7 Å². The molecule has 0 saturated carbocycles. The summed E-state index contributed by atoms with van der Waals surface area (Å²) in [7, 11) is 0. The van der Waals surface area contributed by atoms with Crippen molar-refractivity contribution < 1.29 is 34.2 Å². The van der Waals surface area contributed by atoms with E-state index in [0.29, 0.717) is 23.4 Å². The van der Waals surface area contributed by atoms with E-state index in [1.165, 1.54) is 12.2 Å². The lowest BCUT2D eigenvalue weighted by molar-refractivity contribution is -0.142. The highest BCUT2D eigenvalue weighted by molar-refractivity contribution is 5.99. The third-order valence-electron chi connectivity index (χ3n) is 7.27. The second-order valence-electron chi connectivity index (χ2n) is 11.7. The summed E-state index contributed by atoms with van der Waals surface area (Å²) < 4.78 is 0. The number of hydrogen-bond donors (Lipinski definition) is 6. The van der Waals surface area contributed by atoms with E-state index in [0.717, 1.165) is 11.1 Å². The van der Waals surface area contributed by atoms with Gasteiger partial charge in [-0.2, -0.15) is 0 Å². The minimum Gasteiger partial charge on any atom is -0.480 e. The quantitative estimate of drug-likeness (QED) is 0.112. The van der Waals surface area contributed by atoms with Gasteiger partial charge in [0.15, 0.2) is 0 Å². The molecule has 0 bridgehead atoms. The molecule has 248 valence electrons. The fraction of sp³-hybridized carbons (Fsp3) is 0.306. The van der Waals surface area contributed by atoms with E-state index < -0.39 is 47.8 Å². The molecule has 0 aliphatic carbocycles. The Labute approximate surface area is 274 Å². The molecule has 47 heavy (non-hydrogen) atoms. The van der Waals surface area contributed by atoms with Crippen LogP contribution in [0.15, 0.2) is 91.0 Å². The van der Waals surface area contributed by atoms with Gasteiger partial charge in [0.2, 0.25) is 11.8 Å². The van der Waals surface area contributed by atoms with Crippen LogP contribution < -0.4 is 21.3 Å². The van der Waals surface area contributed by atoms with Crippen molar-refractivity contribution >= 4 is 41.2 Å². The molecule has 4 amide bonds. The SMILES string of the molecule is Cc1ccc(NC(=O)Nc2ccc(C(CC(C)C)C(=O)NC(C/C=C/CC(NC(=O)Cc3ccccc3)C(=O)O)C(=O)O)cc2)cc1. The maximum absolute atomic E-state index is 13.4. The Hall–Kier alpha value is -5.45. The third kappa shape index (κ3) is 12.5. The molecule has 0 aromatic heterocycles. The normalized spacial score (nSPS) is 12.9. The fourth-order valence-electron chi connectivity index (χ4n) is 4.80. The monoisotopic (exact) mass is 642 g/mol. The van der Waals surface area contributed by atoms with Gasteiger partial charge in [-0.3, -0.25) is 9.59 Å². The molecular formula is C36H42N4O7. The number of amides is 4. The van der Waals surface area contributed by atoms with Crippen molar-refractivity contribution in [2.45, 2.75) is 64.5 Å². The highest BCUT2D eigenvalue weighted by Gasteiger charge is 2.27. The summed E-state index contributed by atoms with van der Waals surface area (Å²) in [4.78, 5) is 61.9. The van der Waals surface area contributed by atoms with Crippen LogP contribution in [0.3, 0.4) is 0 Å². The fourth-order valence-corrected chi connectivity index (χ4v) is 4.80. The van der Waals surface area contributed by atoms with E-state index >= 15 is 0 Å². The molecular weight excluding hydrogens is 600 g/mol. The average Bonchev–Trinajstić information content (AvgIpc) is 3.02. The van der Waals surface area contributed by atoms with Crippen LogP contribution in [-0.2, 0) is 25.6 Å². The van der Waals surface area contributed by atoms with E-state index in [2.05, 4.69) is 21.3 Å². The maximum Gasteiger partial charge on any atom is 0.326 e. The molecule has 3 rings (SSSR count). The molecule has 0 fully saturated rings. The molecule has 0 heterocycles. The van der Waals surface area contributed by atoms with Crippen LogP contribution in [0.25, 0.3) is 0 Å². The molecule has 0 saturated heterocycles. The van der Waals surface area contributed by atoms with E-state index in [9.17, 15) is 34.2 Å². The van der Waals surface area contributed by atoms with Crippen molar-refractivity contribution in [2.75, 3.05) is 10.6 Å². The van der Waals surface area contributed by atoms with Gasteiger partial charge in [0, 0.05) is 11.4 Å². The van der Waals surface area contributed by atoms with Gasteiger partial charge in [0.05, 0.1) is 12.3 Å². The van der Waals surface area contributed by atoms with Gasteiger partial charge >= 0.3 is 18.0 Å². The van der Waals surface area contributed by atoms with Crippen molar-refractivity contribution in [1.29, 1.82) is 0 Å². The van der Waals surface area contributed by atoms with Crippen molar-refractivity contribution in [1.82, 2.24) is 10.6 Å². The summed E-state index contributed by atoms with van der Waals surface area (Å²) in [6, 6.07) is 20.2. The molecule has 11 nitrogen and oxygen atoms in total. The predicted molar refractivity (Wildman–Crippen MR) is 180 cm³/mol. The van der Waals surface area contributed by atoms with Crippen LogP contribution in [0.4, 0.5) is 16.2 Å². The number of anilines is 2. The molecule has 0 aliphatic heterocycles. The number of benzene rings is 3. The Kier molecular flexibility index (Phi) is 13.7. The first-order valence-electron chi connectivity index (χ1n) is 15.4. The van der Waals surface area contributed by atoms with Crippen molar-refractivity contribution in [3.05, 3.63) is 108 Å². The summed E-state index contributed by atoms with van der Waals surface area (Å²) >= 11 is 0. The van der Waals surface area contributed by atoms with Gasteiger partial charge in [0.1, 0.15) is 12.1 Å². The zero-order chi connectivity index (χ0) is 34.3. The summed E-state index contributed by atoms with van der Waals surface area (Å²) in [6.07, 6.45) is 3.31. The van der Waals surface area contributed by atoms with E-state index in [4.69, 9.17) is 0 Å². The van der Waals surface area contributed by atoms with Crippen LogP contribution >= 0.6 is 0 Å². The predicted octanol–water partition coefficient (Wildman–Crippen LogP) is 5.49. The lowest BCUT2D eigenvalue weighted by Crippen LogP contribution is -2.43. The van der Waals surface area contributed by atoms with Crippen LogP contribution in [0.2, 0.25) is 0 Å². The smallest absolute Gasteiger partial charge is 0.326 e. The third-order valence-corrected chi connectivity index (χ3v) is 7.27. The van der Waals surface area contributed by atoms with Crippen LogP contribution in [0.1, 0.15) is 55.7 Å². The molecule has 6 N–H and O–H groups in total. The number of hydrogen-bond acceptors (Lipinski definition) is 5. The molecule has 3 atom stereocenters. The van der Waals surface area contributed by atoms with Crippen LogP contribution in [0, 0.1) is 12.8 Å².